The van der Waals surface area contributed by atoms with Gasteiger partial charge in [0, 0.05) is 26.8 Å². The van der Waals surface area contributed by atoms with Crippen molar-refractivity contribution in [3.8, 4) is 0 Å². The first-order valence-electron chi connectivity index (χ1n) is 6.57. The number of nitrogens with one attached hydrogen (secondary N) is 1. The Balaban J connectivity index is 4.29. The van der Waals surface area contributed by atoms with Crippen LogP contribution in [0.1, 0.15) is 27.2 Å². The van der Waals surface area contributed by atoms with Crippen molar-refractivity contribution in [3.05, 3.63) is 0 Å². The van der Waals surface area contributed by atoms with Gasteiger partial charge in [-0.2, -0.15) is 0 Å². The second-order valence-corrected chi connectivity index (χ2v) is 4.57. The maximum Gasteiger partial charge on any atom is 0.236 e. The summed E-state index contributed by atoms with van der Waals surface area (Å²) in [7, 11) is 3.29. The number of carbonyl (C=O) groups excluding carboxylic acids is 1. The highest BCUT2D eigenvalue weighted by molar-refractivity contribution is 5.78. The lowest BCUT2D eigenvalue weighted by atomic mass is 10.2. The Hall–Kier alpha value is -0.650. The van der Waals surface area contributed by atoms with Crippen molar-refractivity contribution in [2.45, 2.75) is 39.3 Å². The van der Waals surface area contributed by atoms with E-state index in [0.29, 0.717) is 32.3 Å². The number of methoxy groups -OCH3 is 2. The Kier molecular flexibility index (Phi) is 9.92. The molecule has 18 heavy (non-hydrogen) atoms. The summed E-state index contributed by atoms with van der Waals surface area (Å²) in [5.74, 6) is 0.0944. The lowest BCUT2D eigenvalue weighted by Crippen LogP contribution is -2.47. The van der Waals surface area contributed by atoms with Gasteiger partial charge in [-0.05, 0) is 20.3 Å². The molecule has 0 fully saturated rings. The van der Waals surface area contributed by atoms with E-state index >= 15 is 0 Å². The minimum absolute atomic E-state index is 0.0661. The average molecular weight is 260 g/mol. The monoisotopic (exact) mass is 260 g/mol. The summed E-state index contributed by atoms with van der Waals surface area (Å²) < 4.78 is 10.1. The van der Waals surface area contributed by atoms with Crippen molar-refractivity contribution in [1.82, 2.24) is 10.2 Å². The van der Waals surface area contributed by atoms with Gasteiger partial charge < -0.3 is 19.7 Å². The second kappa shape index (κ2) is 10.3. The van der Waals surface area contributed by atoms with E-state index in [0.717, 1.165) is 6.42 Å². The number of hydrogen-bond donors (Lipinski definition) is 1. The summed E-state index contributed by atoms with van der Waals surface area (Å²) in [6.45, 7) is 8.21. The molecule has 0 aliphatic rings. The van der Waals surface area contributed by atoms with Gasteiger partial charge in [0.25, 0.3) is 0 Å². The molecule has 0 radical (unpaired) electrons. The van der Waals surface area contributed by atoms with Crippen molar-refractivity contribution in [3.63, 3.8) is 0 Å². The Morgan fingerprint density at radius 3 is 2.44 bits per heavy atom. The number of hydrogen-bond acceptors (Lipinski definition) is 4. The Morgan fingerprint density at radius 1 is 1.28 bits per heavy atom. The first-order valence-corrected chi connectivity index (χ1v) is 6.57. The summed E-state index contributed by atoms with van der Waals surface area (Å²) in [4.78, 5) is 13.9. The molecule has 0 saturated heterocycles. The van der Waals surface area contributed by atoms with E-state index in [-0.39, 0.29) is 11.9 Å². The third-order valence-corrected chi connectivity index (χ3v) is 3.01. The molecule has 0 aromatic rings. The SMILES string of the molecule is CCC(C)NCC(=O)N(CCOC)C(C)COC. The van der Waals surface area contributed by atoms with E-state index < -0.39 is 0 Å². The van der Waals surface area contributed by atoms with Gasteiger partial charge in [-0.15, -0.1) is 0 Å². The van der Waals surface area contributed by atoms with Gasteiger partial charge >= 0.3 is 0 Å². The highest BCUT2D eigenvalue weighted by atomic mass is 16.5. The number of ether oxygens (including phenoxy) is 2. The van der Waals surface area contributed by atoms with Gasteiger partial charge in [0.15, 0.2) is 0 Å². The molecule has 0 aromatic heterocycles. The Bertz CT molecular complexity index is 224. The molecule has 108 valence electrons. The van der Waals surface area contributed by atoms with Crippen LogP contribution in [-0.4, -0.2) is 63.4 Å². The topological polar surface area (TPSA) is 50.8 Å². The number of nitrogens with zero attached hydrogens (tertiary/aromatic N) is 1. The highest BCUT2D eigenvalue weighted by Crippen LogP contribution is 2.01. The lowest BCUT2D eigenvalue weighted by molar-refractivity contribution is -0.134. The summed E-state index contributed by atoms with van der Waals surface area (Å²) in [5.41, 5.74) is 0. The molecule has 2 unspecified atom stereocenters. The Morgan fingerprint density at radius 2 is 1.94 bits per heavy atom. The second-order valence-electron chi connectivity index (χ2n) is 4.57. The van der Waals surface area contributed by atoms with Crippen molar-refractivity contribution < 1.29 is 14.3 Å². The van der Waals surface area contributed by atoms with Crippen LogP contribution in [0.2, 0.25) is 0 Å². The van der Waals surface area contributed by atoms with Gasteiger partial charge in [0.05, 0.1) is 25.8 Å². The number of amides is 1. The molecule has 5 nitrogen and oxygen atoms in total. The molecule has 0 rings (SSSR count). The van der Waals surface area contributed by atoms with Crippen LogP contribution in [0, 0.1) is 0 Å². The summed E-state index contributed by atoms with van der Waals surface area (Å²) in [5, 5.41) is 3.21. The minimum atomic E-state index is 0.0661. The van der Waals surface area contributed by atoms with E-state index in [9.17, 15) is 4.79 Å². The van der Waals surface area contributed by atoms with E-state index in [4.69, 9.17) is 9.47 Å². The van der Waals surface area contributed by atoms with E-state index in [1.54, 1.807) is 14.2 Å². The fourth-order valence-corrected chi connectivity index (χ4v) is 1.62. The fraction of sp³-hybridized carbons (Fsp3) is 0.923. The van der Waals surface area contributed by atoms with Crippen LogP contribution in [0.5, 0.6) is 0 Å². The standard InChI is InChI=1S/C13H28N2O3/c1-6-11(2)14-9-13(16)15(7-8-17-4)12(3)10-18-5/h11-12,14H,6-10H2,1-5H3. The zero-order valence-electron chi connectivity index (χ0n) is 12.4. The van der Waals surface area contributed by atoms with Gasteiger partial charge in [0.2, 0.25) is 5.91 Å². The molecule has 0 aliphatic heterocycles. The van der Waals surface area contributed by atoms with Crippen LogP contribution < -0.4 is 5.32 Å². The average Bonchev–Trinajstić information content (AvgIpc) is 2.36. The van der Waals surface area contributed by atoms with Crippen LogP contribution in [0.15, 0.2) is 0 Å². The maximum absolute atomic E-state index is 12.1. The normalized spacial score (nSPS) is 14.3. The van der Waals surface area contributed by atoms with Gasteiger partial charge in [-0.1, -0.05) is 6.92 Å². The van der Waals surface area contributed by atoms with E-state index in [2.05, 4.69) is 19.2 Å². The van der Waals surface area contributed by atoms with Gasteiger partial charge in [-0.25, -0.2) is 0 Å². The molecule has 0 saturated carbocycles. The third-order valence-electron chi connectivity index (χ3n) is 3.01. The predicted molar refractivity (Wildman–Crippen MR) is 72.7 cm³/mol. The first kappa shape index (κ1) is 17.4. The fourth-order valence-electron chi connectivity index (χ4n) is 1.62. The van der Waals surface area contributed by atoms with Gasteiger partial charge in [0.1, 0.15) is 0 Å². The van der Waals surface area contributed by atoms with Crippen molar-refractivity contribution in [2.24, 2.45) is 0 Å². The Labute approximate surface area is 111 Å². The van der Waals surface area contributed by atoms with Crippen molar-refractivity contribution >= 4 is 5.91 Å². The molecule has 2 atom stereocenters. The molecule has 5 heteroatoms. The molecule has 1 amide bonds. The van der Waals surface area contributed by atoms with Crippen LogP contribution in [-0.2, 0) is 14.3 Å². The van der Waals surface area contributed by atoms with Crippen LogP contribution in [0.25, 0.3) is 0 Å². The zero-order chi connectivity index (χ0) is 14.0. The summed E-state index contributed by atoms with van der Waals surface area (Å²) in [6.07, 6.45) is 1.01. The van der Waals surface area contributed by atoms with Crippen LogP contribution >= 0.6 is 0 Å². The molecular weight excluding hydrogens is 232 g/mol. The van der Waals surface area contributed by atoms with Gasteiger partial charge in [-0.3, -0.25) is 4.79 Å². The minimum Gasteiger partial charge on any atom is -0.383 e. The van der Waals surface area contributed by atoms with E-state index in [1.807, 2.05) is 11.8 Å². The largest absolute Gasteiger partial charge is 0.383 e. The van der Waals surface area contributed by atoms with Crippen LogP contribution in [0.3, 0.4) is 0 Å². The zero-order valence-corrected chi connectivity index (χ0v) is 12.4. The molecule has 0 bridgehead atoms. The number of rotatable bonds is 10. The summed E-state index contributed by atoms with van der Waals surface area (Å²) in [6, 6.07) is 0.423. The van der Waals surface area contributed by atoms with Crippen molar-refractivity contribution in [1.29, 1.82) is 0 Å². The highest BCUT2D eigenvalue weighted by Gasteiger charge is 2.19. The summed E-state index contributed by atoms with van der Waals surface area (Å²) >= 11 is 0. The molecule has 0 spiro atoms. The first-order chi connectivity index (χ1) is 8.56. The van der Waals surface area contributed by atoms with Crippen LogP contribution in [0.4, 0.5) is 0 Å². The molecular formula is C13H28N2O3. The number of carbonyl (C=O) groups is 1. The quantitative estimate of drug-likeness (QED) is 0.633. The molecule has 0 aliphatic carbocycles. The third kappa shape index (κ3) is 6.93. The lowest BCUT2D eigenvalue weighted by Gasteiger charge is -2.29. The molecule has 1 N–H and O–H groups in total. The molecule has 0 aromatic carbocycles. The van der Waals surface area contributed by atoms with E-state index in [1.165, 1.54) is 0 Å². The maximum atomic E-state index is 12.1. The molecule has 0 heterocycles. The van der Waals surface area contributed by atoms with Crippen molar-refractivity contribution in [2.75, 3.05) is 40.5 Å². The smallest absolute Gasteiger partial charge is 0.236 e. The predicted octanol–water partition coefficient (Wildman–Crippen LogP) is 0.884.